The molecule has 7 nitrogen and oxygen atoms in total. The number of aromatic nitrogens is 1. The van der Waals surface area contributed by atoms with Gasteiger partial charge < -0.3 is 15.4 Å². The van der Waals surface area contributed by atoms with E-state index >= 15 is 0 Å². The summed E-state index contributed by atoms with van der Waals surface area (Å²) in [6.45, 7) is 0.765. The third kappa shape index (κ3) is 4.63. The average molecular weight is 324 g/mol. The van der Waals surface area contributed by atoms with Crippen LogP contribution in [-0.4, -0.2) is 37.1 Å². The van der Waals surface area contributed by atoms with Gasteiger partial charge >= 0.3 is 0 Å². The summed E-state index contributed by atoms with van der Waals surface area (Å²) in [6, 6.07) is 10.0. The summed E-state index contributed by atoms with van der Waals surface area (Å²) < 4.78 is 4.86. The molecule has 2 N–H and O–H groups in total. The quantitative estimate of drug-likeness (QED) is 0.785. The number of anilines is 1. The molecule has 0 atom stereocenters. The largest absolute Gasteiger partial charge is 0.383 e. The highest BCUT2D eigenvalue weighted by Crippen LogP contribution is 2.12. The minimum atomic E-state index is -0.413. The molecule has 0 aliphatic carbocycles. The Labute approximate surface area is 139 Å². The van der Waals surface area contributed by atoms with Gasteiger partial charge in [-0.05, 0) is 24.3 Å². The molecule has 0 aliphatic rings. The zero-order valence-corrected chi connectivity index (χ0v) is 13.1. The van der Waals surface area contributed by atoms with Crippen LogP contribution in [0, 0.1) is 11.3 Å². The van der Waals surface area contributed by atoms with E-state index in [1.54, 1.807) is 31.4 Å². The molecule has 0 saturated carbocycles. The topological polar surface area (TPSA) is 104 Å². The number of carbonyl (C=O) groups is 2. The Balaban J connectivity index is 2.08. The molecule has 0 fully saturated rings. The Morgan fingerprint density at radius 3 is 2.67 bits per heavy atom. The summed E-state index contributed by atoms with van der Waals surface area (Å²) in [6.07, 6.45) is 2.75. The first kappa shape index (κ1) is 17.1. The van der Waals surface area contributed by atoms with Gasteiger partial charge in [0.15, 0.2) is 0 Å². The molecule has 0 unspecified atom stereocenters. The molecule has 0 bridgehead atoms. The second-order valence-corrected chi connectivity index (χ2v) is 4.86. The summed E-state index contributed by atoms with van der Waals surface area (Å²) in [5, 5.41) is 14.2. The fourth-order valence-corrected chi connectivity index (χ4v) is 1.93. The molecule has 0 radical (unpaired) electrons. The number of ether oxygens (including phenoxy) is 1. The molecule has 1 heterocycles. The van der Waals surface area contributed by atoms with E-state index in [2.05, 4.69) is 15.6 Å². The zero-order valence-electron chi connectivity index (χ0n) is 13.1. The van der Waals surface area contributed by atoms with Crippen LogP contribution in [0.1, 0.15) is 26.3 Å². The first-order chi connectivity index (χ1) is 11.6. The Morgan fingerprint density at radius 1 is 1.21 bits per heavy atom. The number of hydrogen-bond acceptors (Lipinski definition) is 5. The highest BCUT2D eigenvalue weighted by molar-refractivity contribution is 6.05. The van der Waals surface area contributed by atoms with Crippen molar-refractivity contribution in [2.75, 3.05) is 25.6 Å². The minimum absolute atomic E-state index is 0.247. The summed E-state index contributed by atoms with van der Waals surface area (Å²) >= 11 is 0. The molecule has 2 rings (SSSR count). The third-order valence-corrected chi connectivity index (χ3v) is 3.10. The molecule has 122 valence electrons. The van der Waals surface area contributed by atoms with Crippen LogP contribution >= 0.6 is 0 Å². The van der Waals surface area contributed by atoms with Crippen LogP contribution in [0.4, 0.5) is 5.69 Å². The number of methoxy groups -OCH3 is 1. The summed E-state index contributed by atoms with van der Waals surface area (Å²) in [4.78, 5) is 28.1. The summed E-state index contributed by atoms with van der Waals surface area (Å²) in [5.74, 6) is -0.746. The highest BCUT2D eigenvalue weighted by atomic mass is 16.5. The molecule has 7 heteroatoms. The van der Waals surface area contributed by atoms with E-state index in [1.165, 1.54) is 18.5 Å². The smallest absolute Gasteiger partial charge is 0.257 e. The van der Waals surface area contributed by atoms with E-state index in [0.717, 1.165) is 0 Å². The van der Waals surface area contributed by atoms with Crippen LogP contribution in [0.15, 0.2) is 42.7 Å². The van der Waals surface area contributed by atoms with E-state index in [1.807, 2.05) is 6.07 Å². The molecule has 0 saturated heterocycles. The van der Waals surface area contributed by atoms with E-state index in [4.69, 9.17) is 10.00 Å². The number of nitrogens with one attached hydrogen (secondary N) is 2. The van der Waals surface area contributed by atoms with Crippen LogP contribution in [0.2, 0.25) is 0 Å². The molecule has 1 aromatic heterocycles. The number of hydrogen-bond donors (Lipinski definition) is 2. The van der Waals surface area contributed by atoms with Gasteiger partial charge in [-0.1, -0.05) is 6.07 Å². The van der Waals surface area contributed by atoms with Gasteiger partial charge in [-0.3, -0.25) is 14.6 Å². The van der Waals surface area contributed by atoms with Crippen molar-refractivity contribution in [2.24, 2.45) is 0 Å². The molecule has 2 amide bonds. The van der Waals surface area contributed by atoms with Crippen molar-refractivity contribution < 1.29 is 14.3 Å². The Kier molecular flexibility index (Phi) is 6.00. The number of nitrogens with zero attached hydrogens (tertiary/aromatic N) is 2. The Morgan fingerprint density at radius 2 is 1.96 bits per heavy atom. The van der Waals surface area contributed by atoms with Crippen LogP contribution in [-0.2, 0) is 4.74 Å². The normalized spacial score (nSPS) is 9.83. The van der Waals surface area contributed by atoms with Crippen molar-refractivity contribution in [1.82, 2.24) is 10.3 Å². The lowest BCUT2D eigenvalue weighted by atomic mass is 10.1. The van der Waals surface area contributed by atoms with Crippen molar-refractivity contribution in [2.45, 2.75) is 0 Å². The number of rotatable bonds is 6. The predicted octanol–water partition coefficient (Wildman–Crippen LogP) is 1.58. The lowest BCUT2D eigenvalue weighted by molar-refractivity contribution is 0.0936. The Bertz CT molecular complexity index is 783. The summed E-state index contributed by atoms with van der Waals surface area (Å²) in [5.41, 5.74) is 1.47. The van der Waals surface area contributed by atoms with Crippen molar-refractivity contribution in [3.63, 3.8) is 0 Å². The maximum Gasteiger partial charge on any atom is 0.257 e. The van der Waals surface area contributed by atoms with Crippen molar-refractivity contribution in [3.05, 3.63) is 59.4 Å². The first-order valence-electron chi connectivity index (χ1n) is 7.17. The maximum atomic E-state index is 12.3. The van der Waals surface area contributed by atoms with Gasteiger partial charge in [0, 0.05) is 31.7 Å². The van der Waals surface area contributed by atoms with Crippen molar-refractivity contribution in [1.29, 1.82) is 5.26 Å². The van der Waals surface area contributed by atoms with Gasteiger partial charge in [-0.15, -0.1) is 0 Å². The monoisotopic (exact) mass is 324 g/mol. The van der Waals surface area contributed by atoms with Crippen LogP contribution < -0.4 is 10.6 Å². The number of nitriles is 1. The fraction of sp³-hybridized carbons (Fsp3) is 0.176. The lowest BCUT2D eigenvalue weighted by Gasteiger charge is -2.07. The number of carbonyl (C=O) groups excluding carboxylic acids is 2. The Hall–Kier alpha value is -3.24. The standard InChI is InChI=1S/C17H16N4O3/c1-24-6-5-20-16(22)13-8-14(11-19-10-13)17(23)21-15-4-2-3-12(7-15)9-18/h2-4,7-8,10-11H,5-6H2,1H3,(H,20,22)(H,21,23). The third-order valence-electron chi connectivity index (χ3n) is 3.10. The fourth-order valence-electron chi connectivity index (χ4n) is 1.93. The molecule has 1 aromatic carbocycles. The van der Waals surface area contributed by atoms with Crippen molar-refractivity contribution in [3.8, 4) is 6.07 Å². The molecule has 2 aromatic rings. The van der Waals surface area contributed by atoms with Crippen LogP contribution in [0.5, 0.6) is 0 Å². The van der Waals surface area contributed by atoms with E-state index in [0.29, 0.717) is 24.4 Å². The second-order valence-electron chi connectivity index (χ2n) is 4.86. The van der Waals surface area contributed by atoms with E-state index in [9.17, 15) is 9.59 Å². The van der Waals surface area contributed by atoms with E-state index < -0.39 is 5.91 Å². The van der Waals surface area contributed by atoms with Gasteiger partial charge in [0.2, 0.25) is 0 Å². The second kappa shape index (κ2) is 8.41. The van der Waals surface area contributed by atoms with Crippen LogP contribution in [0.25, 0.3) is 0 Å². The predicted molar refractivity (Wildman–Crippen MR) is 87.6 cm³/mol. The SMILES string of the molecule is COCCNC(=O)c1cncc(C(=O)Nc2cccc(C#N)c2)c1. The molecular formula is C17H16N4O3. The number of benzene rings is 1. The van der Waals surface area contributed by atoms with E-state index in [-0.39, 0.29) is 17.0 Å². The molecule has 24 heavy (non-hydrogen) atoms. The highest BCUT2D eigenvalue weighted by Gasteiger charge is 2.11. The van der Waals surface area contributed by atoms with Gasteiger partial charge in [0.05, 0.1) is 29.4 Å². The molecular weight excluding hydrogens is 308 g/mol. The molecule has 0 aliphatic heterocycles. The van der Waals surface area contributed by atoms with Crippen molar-refractivity contribution >= 4 is 17.5 Å². The van der Waals surface area contributed by atoms with Crippen LogP contribution in [0.3, 0.4) is 0 Å². The number of amides is 2. The zero-order chi connectivity index (χ0) is 17.4. The lowest BCUT2D eigenvalue weighted by Crippen LogP contribution is -2.27. The van der Waals surface area contributed by atoms with Gasteiger partial charge in [-0.25, -0.2) is 0 Å². The van der Waals surface area contributed by atoms with Gasteiger partial charge in [-0.2, -0.15) is 5.26 Å². The maximum absolute atomic E-state index is 12.3. The molecule has 0 spiro atoms. The van der Waals surface area contributed by atoms with Gasteiger partial charge in [0.1, 0.15) is 0 Å². The average Bonchev–Trinajstić information content (AvgIpc) is 2.62. The minimum Gasteiger partial charge on any atom is -0.383 e. The summed E-state index contributed by atoms with van der Waals surface area (Å²) in [7, 11) is 1.54. The van der Waals surface area contributed by atoms with Gasteiger partial charge in [0.25, 0.3) is 11.8 Å². The number of pyridine rings is 1. The first-order valence-corrected chi connectivity index (χ1v) is 7.17.